The van der Waals surface area contributed by atoms with E-state index in [-0.39, 0.29) is 18.3 Å². The molecule has 0 aliphatic carbocycles. The Morgan fingerprint density at radius 2 is 2.19 bits per heavy atom. The summed E-state index contributed by atoms with van der Waals surface area (Å²) < 4.78 is 0. The molecule has 2 rings (SSSR count). The predicted octanol–water partition coefficient (Wildman–Crippen LogP) is 0.539. The van der Waals surface area contributed by atoms with Gasteiger partial charge < -0.3 is 5.32 Å². The van der Waals surface area contributed by atoms with E-state index in [1.165, 1.54) is 6.92 Å². The number of ketones is 1. The highest BCUT2D eigenvalue weighted by atomic mass is 16.7. The van der Waals surface area contributed by atoms with Gasteiger partial charge in [0.15, 0.2) is 5.78 Å². The van der Waals surface area contributed by atoms with Gasteiger partial charge in [0.05, 0.1) is 0 Å². The van der Waals surface area contributed by atoms with Crippen LogP contribution in [-0.2, 0) is 9.63 Å². The zero-order valence-corrected chi connectivity index (χ0v) is 8.82. The number of carbonyl (C=O) groups is 2. The Bertz CT molecular complexity index is 431. The Hall–Kier alpha value is -1.72. The Kier molecular flexibility index (Phi) is 2.98. The van der Waals surface area contributed by atoms with Crippen LogP contribution in [0.25, 0.3) is 0 Å². The van der Waals surface area contributed by atoms with Gasteiger partial charge in [0.1, 0.15) is 12.8 Å². The van der Waals surface area contributed by atoms with Crippen molar-refractivity contribution >= 4 is 11.7 Å². The smallest absolute Gasteiger partial charge is 0.249 e. The Labute approximate surface area is 92.7 Å². The van der Waals surface area contributed by atoms with E-state index < -0.39 is 6.17 Å². The Balaban J connectivity index is 2.32. The zero-order valence-electron chi connectivity index (χ0n) is 8.82. The third-order valence-electron chi connectivity index (χ3n) is 2.36. The molecule has 5 heteroatoms. The summed E-state index contributed by atoms with van der Waals surface area (Å²) in [7, 11) is 0. The van der Waals surface area contributed by atoms with Gasteiger partial charge in [-0.2, -0.15) is 5.48 Å². The second-order valence-electron chi connectivity index (χ2n) is 3.55. The van der Waals surface area contributed by atoms with Crippen LogP contribution in [0.2, 0.25) is 0 Å². The van der Waals surface area contributed by atoms with Gasteiger partial charge in [0.25, 0.3) is 0 Å². The predicted molar refractivity (Wildman–Crippen MR) is 56.4 cm³/mol. The summed E-state index contributed by atoms with van der Waals surface area (Å²) in [6.45, 7) is 1.48. The molecule has 1 saturated heterocycles. The van der Waals surface area contributed by atoms with E-state index in [2.05, 4.69) is 10.8 Å². The number of rotatable bonds is 2. The highest BCUT2D eigenvalue weighted by Gasteiger charge is 2.22. The van der Waals surface area contributed by atoms with Crippen LogP contribution >= 0.6 is 0 Å². The van der Waals surface area contributed by atoms with Crippen LogP contribution in [-0.4, -0.2) is 18.3 Å². The fourth-order valence-electron chi connectivity index (χ4n) is 1.63. The van der Waals surface area contributed by atoms with Crippen LogP contribution in [0.15, 0.2) is 24.3 Å². The molecule has 1 aromatic carbocycles. The van der Waals surface area contributed by atoms with Gasteiger partial charge in [-0.1, -0.05) is 24.3 Å². The van der Waals surface area contributed by atoms with Crippen LogP contribution in [0.1, 0.15) is 29.0 Å². The lowest BCUT2D eigenvalue weighted by Gasteiger charge is -2.25. The summed E-state index contributed by atoms with van der Waals surface area (Å²) in [6.07, 6.45) is -0.471. The zero-order chi connectivity index (χ0) is 11.5. The second-order valence-corrected chi connectivity index (χ2v) is 3.55. The second kappa shape index (κ2) is 4.42. The Morgan fingerprint density at radius 1 is 1.44 bits per heavy atom. The van der Waals surface area contributed by atoms with E-state index in [0.717, 1.165) is 0 Å². The van der Waals surface area contributed by atoms with Crippen LogP contribution in [0.5, 0.6) is 0 Å². The first kappa shape index (κ1) is 10.8. The Morgan fingerprint density at radius 3 is 2.88 bits per heavy atom. The lowest BCUT2D eigenvalue weighted by atomic mass is 10.0. The molecule has 1 aliphatic heterocycles. The third-order valence-corrected chi connectivity index (χ3v) is 2.36. The highest BCUT2D eigenvalue weighted by Crippen LogP contribution is 2.18. The SMILES string of the molecule is CC(=O)c1ccccc1C1NOCC(=O)N1. The average molecular weight is 220 g/mol. The van der Waals surface area contributed by atoms with Crippen molar-refractivity contribution in [3.63, 3.8) is 0 Å². The first-order chi connectivity index (χ1) is 7.68. The maximum Gasteiger partial charge on any atom is 0.249 e. The minimum Gasteiger partial charge on any atom is -0.333 e. The van der Waals surface area contributed by atoms with Gasteiger partial charge >= 0.3 is 0 Å². The molecule has 1 heterocycles. The molecule has 84 valence electrons. The number of hydroxylamine groups is 1. The van der Waals surface area contributed by atoms with Gasteiger partial charge in [-0.3, -0.25) is 14.4 Å². The lowest BCUT2D eigenvalue weighted by Crippen LogP contribution is -2.46. The van der Waals surface area contributed by atoms with E-state index in [0.29, 0.717) is 11.1 Å². The minimum absolute atomic E-state index is 0.0151. The summed E-state index contributed by atoms with van der Waals surface area (Å²) >= 11 is 0. The van der Waals surface area contributed by atoms with Crippen molar-refractivity contribution in [2.24, 2.45) is 0 Å². The molecule has 2 N–H and O–H groups in total. The van der Waals surface area contributed by atoms with E-state index in [4.69, 9.17) is 4.84 Å². The molecule has 0 spiro atoms. The van der Waals surface area contributed by atoms with Crippen molar-refractivity contribution in [3.8, 4) is 0 Å². The summed E-state index contributed by atoms with van der Waals surface area (Å²) in [5.41, 5.74) is 3.96. The number of benzene rings is 1. The van der Waals surface area contributed by atoms with Crippen LogP contribution in [0, 0.1) is 0 Å². The standard InChI is InChI=1S/C11H12N2O3/c1-7(14)8-4-2-3-5-9(8)11-12-10(15)6-16-13-11/h2-5,11,13H,6H2,1H3,(H,12,15). The number of Topliss-reactive ketones (excluding diaryl/α,β-unsaturated/α-hetero) is 1. The van der Waals surface area contributed by atoms with Crippen LogP contribution in [0.4, 0.5) is 0 Å². The fraction of sp³-hybridized carbons (Fsp3) is 0.273. The number of hydrogen-bond acceptors (Lipinski definition) is 4. The van der Waals surface area contributed by atoms with E-state index in [9.17, 15) is 9.59 Å². The van der Waals surface area contributed by atoms with Crippen LogP contribution < -0.4 is 10.8 Å². The molecule has 0 bridgehead atoms. The molecule has 0 radical (unpaired) electrons. The van der Waals surface area contributed by atoms with Gasteiger partial charge in [-0.05, 0) is 6.92 Å². The molecule has 1 amide bonds. The highest BCUT2D eigenvalue weighted by molar-refractivity contribution is 5.95. The van der Waals surface area contributed by atoms with Gasteiger partial charge in [0.2, 0.25) is 5.91 Å². The van der Waals surface area contributed by atoms with Crippen molar-refractivity contribution in [1.29, 1.82) is 0 Å². The maximum atomic E-state index is 11.4. The first-order valence-corrected chi connectivity index (χ1v) is 4.95. The normalized spacial score (nSPS) is 20.3. The quantitative estimate of drug-likeness (QED) is 0.714. The molecule has 1 aliphatic rings. The average Bonchev–Trinajstić information content (AvgIpc) is 2.29. The minimum atomic E-state index is -0.471. The van der Waals surface area contributed by atoms with Gasteiger partial charge in [0, 0.05) is 11.1 Å². The molecule has 16 heavy (non-hydrogen) atoms. The number of hydrogen-bond donors (Lipinski definition) is 2. The van der Waals surface area contributed by atoms with E-state index in [1.54, 1.807) is 18.2 Å². The number of carbonyl (C=O) groups excluding carboxylic acids is 2. The van der Waals surface area contributed by atoms with Crippen molar-refractivity contribution in [1.82, 2.24) is 10.8 Å². The fourth-order valence-corrected chi connectivity index (χ4v) is 1.63. The number of amides is 1. The summed E-state index contributed by atoms with van der Waals surface area (Å²) in [5, 5.41) is 2.70. The van der Waals surface area contributed by atoms with Crippen molar-refractivity contribution in [2.75, 3.05) is 6.61 Å². The summed E-state index contributed by atoms with van der Waals surface area (Å²) in [4.78, 5) is 27.5. The van der Waals surface area contributed by atoms with E-state index >= 15 is 0 Å². The van der Waals surface area contributed by atoms with Crippen molar-refractivity contribution in [3.05, 3.63) is 35.4 Å². The molecular weight excluding hydrogens is 208 g/mol. The molecule has 5 nitrogen and oxygen atoms in total. The van der Waals surface area contributed by atoms with Gasteiger partial charge in [-0.25, -0.2) is 0 Å². The first-order valence-electron chi connectivity index (χ1n) is 4.95. The molecule has 1 atom stereocenters. The summed E-state index contributed by atoms with van der Waals surface area (Å²) in [5.74, 6) is -0.251. The maximum absolute atomic E-state index is 11.4. The molecule has 1 unspecified atom stereocenters. The van der Waals surface area contributed by atoms with Gasteiger partial charge in [-0.15, -0.1) is 0 Å². The molecular formula is C11H12N2O3. The third kappa shape index (κ3) is 2.10. The molecule has 1 fully saturated rings. The lowest BCUT2D eigenvalue weighted by molar-refractivity contribution is -0.139. The number of nitrogens with one attached hydrogen (secondary N) is 2. The summed E-state index contributed by atoms with van der Waals surface area (Å²) in [6, 6.07) is 7.10. The van der Waals surface area contributed by atoms with Crippen molar-refractivity contribution in [2.45, 2.75) is 13.1 Å². The molecule has 0 aromatic heterocycles. The topological polar surface area (TPSA) is 67.4 Å². The molecule has 0 saturated carbocycles. The molecule has 1 aromatic rings. The monoisotopic (exact) mass is 220 g/mol. The van der Waals surface area contributed by atoms with Crippen LogP contribution in [0.3, 0.4) is 0 Å². The van der Waals surface area contributed by atoms with Crippen molar-refractivity contribution < 1.29 is 14.4 Å². The largest absolute Gasteiger partial charge is 0.333 e. The van der Waals surface area contributed by atoms with E-state index in [1.807, 2.05) is 6.07 Å².